The normalized spacial score (nSPS) is 13.4. The quantitative estimate of drug-likeness (QED) is 0.295. The van der Waals surface area contributed by atoms with Crippen LogP contribution in [-0.4, -0.2) is 41.5 Å². The maximum absolute atomic E-state index is 12.7. The number of hydrogen-bond donors (Lipinski definition) is 1. The van der Waals surface area contributed by atoms with Gasteiger partial charge in [-0.3, -0.25) is 0 Å². The van der Waals surface area contributed by atoms with E-state index in [1.54, 1.807) is 39.0 Å². The molecule has 0 fully saturated rings. The lowest BCUT2D eigenvalue weighted by molar-refractivity contribution is -0.184. The molecule has 2 atom stereocenters. The third-order valence-electron chi connectivity index (χ3n) is 5.34. The van der Waals surface area contributed by atoms with E-state index >= 15 is 0 Å². The largest absolute Gasteiger partial charge is 0.459 e. The van der Waals surface area contributed by atoms with Crippen molar-refractivity contribution in [3.8, 4) is 0 Å². The average Bonchev–Trinajstić information content (AvgIpc) is 2.86. The van der Waals surface area contributed by atoms with Gasteiger partial charge < -0.3 is 19.3 Å². The molecule has 0 amide bonds. The van der Waals surface area contributed by atoms with E-state index in [0.29, 0.717) is 0 Å². The van der Waals surface area contributed by atoms with Gasteiger partial charge in [-0.2, -0.15) is 0 Å². The molecule has 0 radical (unpaired) electrons. The minimum Gasteiger partial charge on any atom is -0.459 e. The van der Waals surface area contributed by atoms with Gasteiger partial charge in [0.1, 0.15) is 12.2 Å². The minimum atomic E-state index is -1.81. The van der Waals surface area contributed by atoms with Crippen molar-refractivity contribution in [2.45, 2.75) is 58.0 Å². The van der Waals surface area contributed by atoms with E-state index in [2.05, 4.69) is 30.3 Å². The van der Waals surface area contributed by atoms with Crippen LogP contribution in [0.1, 0.15) is 38.3 Å². The molecule has 36 heavy (non-hydrogen) atoms. The molecule has 0 heterocycles. The summed E-state index contributed by atoms with van der Waals surface area (Å²) in [6.45, 7) is 5.12. The van der Waals surface area contributed by atoms with Crippen molar-refractivity contribution in [2.75, 3.05) is 6.61 Å². The molecule has 3 rings (SSSR count). The fraction of sp³-hybridized carbons (Fsp3) is 0.333. The number of rotatable bonds is 11. The van der Waals surface area contributed by atoms with Gasteiger partial charge in [0.15, 0.2) is 12.2 Å². The van der Waals surface area contributed by atoms with Crippen molar-refractivity contribution >= 4 is 22.7 Å². The number of carbonyl (C=O) groups is 2. The Labute approximate surface area is 212 Å². The molecule has 190 valence electrons. The second kappa shape index (κ2) is 13.0. The predicted molar refractivity (Wildman–Crippen MR) is 139 cm³/mol. The Kier molecular flexibility index (Phi) is 9.79. The summed E-state index contributed by atoms with van der Waals surface area (Å²) < 4.78 is 16.1. The molecule has 3 aromatic rings. The number of allylic oxidation sites excluding steroid dienone is 1. The Morgan fingerprint density at radius 2 is 1.56 bits per heavy atom. The van der Waals surface area contributed by atoms with Crippen LogP contribution < -0.4 is 0 Å². The van der Waals surface area contributed by atoms with Crippen LogP contribution in [0.3, 0.4) is 0 Å². The first-order valence-corrected chi connectivity index (χ1v) is 12.1. The Morgan fingerprint density at radius 1 is 0.861 bits per heavy atom. The van der Waals surface area contributed by atoms with Gasteiger partial charge in [0.05, 0.1) is 6.61 Å². The van der Waals surface area contributed by atoms with Crippen LogP contribution in [-0.2, 0) is 36.8 Å². The summed E-state index contributed by atoms with van der Waals surface area (Å²) in [4.78, 5) is 25.1. The number of aliphatic hydroxyl groups is 1. The van der Waals surface area contributed by atoms with Crippen molar-refractivity contribution in [2.24, 2.45) is 0 Å². The Hall–Kier alpha value is -3.48. The summed E-state index contributed by atoms with van der Waals surface area (Å²) in [5, 5.41) is 12.9. The average molecular weight is 491 g/mol. The number of fused-ring (bicyclic) bond motifs is 1. The van der Waals surface area contributed by atoms with Crippen molar-refractivity contribution in [1.29, 1.82) is 0 Å². The number of benzene rings is 3. The van der Waals surface area contributed by atoms with E-state index in [1.165, 1.54) is 16.3 Å². The molecule has 6 nitrogen and oxygen atoms in total. The van der Waals surface area contributed by atoms with Gasteiger partial charge in [0.2, 0.25) is 0 Å². The number of esters is 2. The molecule has 3 aromatic carbocycles. The third kappa shape index (κ3) is 8.63. The molecular weight excluding hydrogens is 456 g/mol. The zero-order valence-corrected chi connectivity index (χ0v) is 21.1. The summed E-state index contributed by atoms with van der Waals surface area (Å²) >= 11 is 0. The van der Waals surface area contributed by atoms with Gasteiger partial charge in [-0.1, -0.05) is 84.9 Å². The van der Waals surface area contributed by atoms with E-state index < -0.39 is 29.7 Å². The number of aryl methyl sites for hydroxylation is 1. The molecule has 0 aliphatic rings. The Bertz CT molecular complexity index is 1160. The monoisotopic (exact) mass is 490 g/mol. The minimum absolute atomic E-state index is 0.0214. The summed E-state index contributed by atoms with van der Waals surface area (Å²) in [6, 6.07) is 23.7. The molecule has 0 unspecified atom stereocenters. The highest BCUT2D eigenvalue weighted by molar-refractivity contribution is 5.85. The molecule has 0 spiro atoms. The Morgan fingerprint density at radius 3 is 2.28 bits per heavy atom. The summed E-state index contributed by atoms with van der Waals surface area (Å²) in [5.41, 5.74) is 1.19. The highest BCUT2D eigenvalue weighted by Gasteiger charge is 2.37. The van der Waals surface area contributed by atoms with E-state index in [1.807, 2.05) is 36.4 Å². The van der Waals surface area contributed by atoms with Crippen molar-refractivity contribution < 1.29 is 28.9 Å². The second-order valence-electron chi connectivity index (χ2n) is 9.52. The molecular formula is C30H34O6. The zero-order valence-electron chi connectivity index (χ0n) is 21.1. The fourth-order valence-electron chi connectivity index (χ4n) is 3.58. The van der Waals surface area contributed by atoms with Crippen molar-refractivity contribution in [1.82, 2.24) is 0 Å². The SMILES string of the molecule is CC(C)(C)OC(=O)[C@H](OCC=CCCc1ccc2ccccc2c1)[C@@H](O)C(=O)OCc1ccccc1. The smallest absolute Gasteiger partial charge is 0.339 e. The molecule has 0 aliphatic carbocycles. The highest BCUT2D eigenvalue weighted by atomic mass is 16.6. The van der Waals surface area contributed by atoms with E-state index in [4.69, 9.17) is 14.2 Å². The van der Waals surface area contributed by atoms with Crippen LogP contribution in [0, 0.1) is 0 Å². The van der Waals surface area contributed by atoms with Crippen molar-refractivity contribution in [3.05, 3.63) is 96.1 Å². The van der Waals surface area contributed by atoms with Gasteiger partial charge in [-0.05, 0) is 55.5 Å². The molecule has 0 aliphatic heterocycles. The molecule has 0 saturated carbocycles. The molecule has 0 aromatic heterocycles. The zero-order chi connectivity index (χ0) is 26.0. The number of carbonyl (C=O) groups excluding carboxylic acids is 2. The summed E-state index contributed by atoms with van der Waals surface area (Å²) in [5.74, 6) is -1.77. The van der Waals surface area contributed by atoms with Crippen LogP contribution in [0.4, 0.5) is 0 Å². The second-order valence-corrected chi connectivity index (χ2v) is 9.52. The molecule has 0 bridgehead atoms. The molecule has 0 saturated heterocycles. The number of aliphatic hydroxyl groups excluding tert-OH is 1. The number of ether oxygens (including phenoxy) is 3. The first-order chi connectivity index (χ1) is 17.2. The van der Waals surface area contributed by atoms with E-state index in [9.17, 15) is 14.7 Å². The molecule has 6 heteroatoms. The summed E-state index contributed by atoms with van der Waals surface area (Å²) in [6.07, 6.45) is 2.03. The van der Waals surface area contributed by atoms with Gasteiger partial charge in [-0.15, -0.1) is 0 Å². The van der Waals surface area contributed by atoms with E-state index in [0.717, 1.165) is 18.4 Å². The third-order valence-corrected chi connectivity index (χ3v) is 5.34. The number of hydrogen-bond acceptors (Lipinski definition) is 6. The molecule has 1 N–H and O–H groups in total. The lowest BCUT2D eigenvalue weighted by Gasteiger charge is -2.25. The fourth-order valence-corrected chi connectivity index (χ4v) is 3.58. The highest BCUT2D eigenvalue weighted by Crippen LogP contribution is 2.17. The Balaban J connectivity index is 1.53. The first kappa shape index (κ1) is 27.1. The van der Waals surface area contributed by atoms with Gasteiger partial charge in [0, 0.05) is 0 Å². The first-order valence-electron chi connectivity index (χ1n) is 12.1. The lowest BCUT2D eigenvalue weighted by Crippen LogP contribution is -2.45. The van der Waals surface area contributed by atoms with Crippen LogP contribution in [0.15, 0.2) is 84.9 Å². The standard InChI is InChI=1S/C30H34O6/c1-30(2,3)36-29(33)27(26(31)28(32)35-21-23-13-6-4-7-14-23)34-19-11-5-8-12-22-17-18-24-15-9-10-16-25(24)20-22/h4-7,9-11,13-18,20,26-27,31H,8,12,19,21H2,1-3H3/t26-,27-/m1/s1. The predicted octanol–water partition coefficient (Wildman–Crippen LogP) is 5.16. The van der Waals surface area contributed by atoms with Crippen LogP contribution >= 0.6 is 0 Å². The maximum Gasteiger partial charge on any atom is 0.339 e. The van der Waals surface area contributed by atoms with Gasteiger partial charge in [0.25, 0.3) is 0 Å². The van der Waals surface area contributed by atoms with Crippen LogP contribution in [0.5, 0.6) is 0 Å². The topological polar surface area (TPSA) is 82.1 Å². The van der Waals surface area contributed by atoms with E-state index in [-0.39, 0.29) is 13.2 Å². The van der Waals surface area contributed by atoms with Gasteiger partial charge in [-0.25, -0.2) is 9.59 Å². The summed E-state index contributed by atoms with van der Waals surface area (Å²) in [7, 11) is 0. The van der Waals surface area contributed by atoms with Crippen molar-refractivity contribution in [3.63, 3.8) is 0 Å². The maximum atomic E-state index is 12.7. The van der Waals surface area contributed by atoms with Crippen LogP contribution in [0.25, 0.3) is 10.8 Å². The van der Waals surface area contributed by atoms with Crippen LogP contribution in [0.2, 0.25) is 0 Å². The lowest BCUT2D eigenvalue weighted by atomic mass is 10.0. The van der Waals surface area contributed by atoms with Gasteiger partial charge >= 0.3 is 11.9 Å².